The number of ether oxygens (including phenoxy) is 6. The van der Waals surface area contributed by atoms with Crippen molar-refractivity contribution in [2.45, 2.75) is 0 Å². The summed E-state index contributed by atoms with van der Waals surface area (Å²) in [5.74, 6) is 0.601. The van der Waals surface area contributed by atoms with Crippen molar-refractivity contribution < 1.29 is 84.6 Å². The third kappa shape index (κ3) is 20.7. The second-order valence-corrected chi connectivity index (χ2v) is 24.5. The molecule has 498 valence electrons. The summed E-state index contributed by atoms with van der Waals surface area (Å²) in [7, 11) is -6.14. The van der Waals surface area contributed by atoms with Gasteiger partial charge < -0.3 is 84.6 Å². The number of nitrogens with zero attached hydrogens (tertiary/aromatic N) is 9. The van der Waals surface area contributed by atoms with E-state index in [4.69, 9.17) is 98.1 Å². The van der Waals surface area contributed by atoms with E-state index < -0.39 is 23.0 Å². The van der Waals surface area contributed by atoms with E-state index in [1.807, 2.05) is 0 Å². The quantitative estimate of drug-likeness (QED) is 0.00861. The summed E-state index contributed by atoms with van der Waals surface area (Å²) in [4.78, 5) is 31.8. The lowest BCUT2D eigenvalue weighted by molar-refractivity contribution is 0.176. The molecule has 0 bridgehead atoms. The highest BCUT2D eigenvalue weighted by Crippen LogP contribution is 2.80. The zero-order valence-corrected chi connectivity index (χ0v) is 55.5. The minimum absolute atomic E-state index is 0.0136. The smallest absolute Gasteiger partial charge is 0.461 e. The van der Waals surface area contributed by atoms with Gasteiger partial charge in [0.05, 0.1) is 79.9 Å². The maximum atomic E-state index is 7.33. The fourth-order valence-corrected chi connectivity index (χ4v) is 16.8. The topological polar surface area (TPSA) is 277 Å². The molecule has 1 aliphatic heterocycles. The van der Waals surface area contributed by atoms with Crippen molar-refractivity contribution in [2.24, 2.45) is 44.5 Å². The molecule has 0 N–H and O–H groups in total. The van der Waals surface area contributed by atoms with E-state index in [-0.39, 0.29) is 102 Å². The lowest BCUT2D eigenvalue weighted by atomic mass is 10.2. The molecule has 95 heavy (non-hydrogen) atoms. The van der Waals surface area contributed by atoms with Crippen molar-refractivity contribution in [3.05, 3.63) is 219 Å². The van der Waals surface area contributed by atoms with Crippen LogP contribution in [0.3, 0.4) is 0 Å². The molecular formula is C65H70N9O18P3. The molecule has 1 aliphatic rings. The summed E-state index contributed by atoms with van der Waals surface area (Å²) in [6, 6.07) is 29.2. The van der Waals surface area contributed by atoms with E-state index in [9.17, 15) is 0 Å². The zero-order valence-electron chi connectivity index (χ0n) is 52.8. The molecule has 0 radical (unpaired) electrons. The highest BCUT2D eigenvalue weighted by molar-refractivity contribution is 7.79. The highest BCUT2D eigenvalue weighted by atomic mass is 31.3. The molecule has 0 aliphatic carbocycles. The van der Waals surface area contributed by atoms with Gasteiger partial charge in [-0.15, -0.1) is 0 Å². The maximum Gasteiger partial charge on any atom is 0.461 e. The minimum atomic E-state index is -4.90. The Hall–Kier alpha value is -11.1. The Balaban J connectivity index is 1.70. The standard InChI is InChI=1S/C65H70N9O18P3/c1-13-31-82-67-43-49-20-26-55(61(37-49)76-8)88-93(87-54-25-19-48(36-60(54)75-7)42-66-81-18-6)72-94(89-56-27-21-50(38-62(56)77-9)44-68-83-32-14-2,90-57-28-22-51(39-63(57)78-10)45-69-84-33-15-3)74-95(73-93,91-58-29-23-52(40-64(58)79-11)46-70-85-34-16-4)92-59-30-24-53(41-65(59)80-12)47-71-86-35-17-5/h13-30,36-47H,1-6,31-35H2,7-12H3/b66-42+,67-43+,68-44+,69-45+,70-46+,71-47+. The molecule has 1 atom stereocenters. The molecule has 0 saturated heterocycles. The van der Waals surface area contributed by atoms with Crippen molar-refractivity contribution in [1.29, 1.82) is 0 Å². The lowest BCUT2D eigenvalue weighted by Crippen LogP contribution is -2.12. The van der Waals surface area contributed by atoms with Gasteiger partial charge in [-0.1, -0.05) is 114 Å². The number of rotatable bonds is 41. The average Bonchev–Trinajstić information content (AvgIpc) is 0.725. The summed E-state index contributed by atoms with van der Waals surface area (Å²) in [6.45, 7) is 22.8. The molecule has 0 saturated carbocycles. The first-order valence-electron chi connectivity index (χ1n) is 28.2. The Bertz CT molecular complexity index is 3730. The molecule has 0 aromatic heterocycles. The first kappa shape index (κ1) is 71.3. The summed E-state index contributed by atoms with van der Waals surface area (Å²) < 4.78 is 96.7. The monoisotopic (exact) mass is 1360 g/mol. The Morgan fingerprint density at radius 1 is 0.284 bits per heavy atom. The fraction of sp³-hybridized carbons (Fsp3) is 0.169. The number of hydrogen-bond acceptors (Lipinski definition) is 27. The third-order valence-corrected chi connectivity index (χ3v) is 19.8. The molecular weight excluding hydrogens is 1290 g/mol. The van der Waals surface area contributed by atoms with Crippen LogP contribution in [0.5, 0.6) is 69.0 Å². The first-order valence-corrected chi connectivity index (χ1v) is 32.8. The number of methoxy groups -OCH3 is 6. The molecule has 27 nitrogen and oxygen atoms in total. The van der Waals surface area contributed by atoms with Crippen LogP contribution in [0.4, 0.5) is 0 Å². The Kier molecular flexibility index (Phi) is 27.6. The molecule has 30 heteroatoms. The molecule has 0 spiro atoms. The maximum absolute atomic E-state index is 7.33. The first-order chi connectivity index (χ1) is 46.4. The van der Waals surface area contributed by atoms with Crippen LogP contribution in [0.15, 0.2) is 230 Å². The molecule has 0 fully saturated rings. The van der Waals surface area contributed by atoms with Crippen LogP contribution in [-0.4, -0.2) is 113 Å². The molecule has 6 aromatic carbocycles. The third-order valence-electron chi connectivity index (χ3n) is 11.8. The van der Waals surface area contributed by atoms with Gasteiger partial charge in [-0.3, -0.25) is 0 Å². The predicted octanol–water partition coefficient (Wildman–Crippen LogP) is 15.5. The van der Waals surface area contributed by atoms with Gasteiger partial charge in [-0.05, 0) is 109 Å². The van der Waals surface area contributed by atoms with Gasteiger partial charge in [0.25, 0.3) is 0 Å². The molecule has 0 amide bonds. The number of hydrogen-bond donors (Lipinski definition) is 0. The minimum Gasteiger partial charge on any atom is -0.493 e. The van der Waals surface area contributed by atoms with Crippen molar-refractivity contribution in [1.82, 2.24) is 0 Å². The van der Waals surface area contributed by atoms with Crippen LogP contribution in [0, 0.1) is 0 Å². The van der Waals surface area contributed by atoms with E-state index in [2.05, 4.69) is 70.4 Å². The van der Waals surface area contributed by atoms with Crippen LogP contribution in [-0.2, 0) is 29.0 Å². The van der Waals surface area contributed by atoms with Crippen LogP contribution >= 0.6 is 23.0 Å². The van der Waals surface area contributed by atoms with Crippen molar-refractivity contribution in [3.63, 3.8) is 0 Å². The predicted molar refractivity (Wildman–Crippen MR) is 367 cm³/mol. The molecule has 7 rings (SSSR count). The number of benzene rings is 6. The van der Waals surface area contributed by atoms with Gasteiger partial charge in [0.1, 0.15) is 39.3 Å². The SMILES string of the molecule is C=CCO/N=C/c1ccc(OP2(Oc3ccc(/C=N/OC=C)cc3OC)=NP(Oc3ccc(/C=N/OCC=C)cc3OC)(Oc3ccc(/C=N/OCC=C)cc3OC)=NP(Oc3ccc(/C=N/OCC=C)cc3OC)(Oc3ccc(/C=N/OCC=C)cc3OC)=N2)c(OC)c1. The van der Waals surface area contributed by atoms with Gasteiger partial charge in [0, 0.05) is 33.4 Å². The van der Waals surface area contributed by atoms with Crippen LogP contribution < -0.4 is 55.6 Å². The average molecular weight is 1360 g/mol. The van der Waals surface area contributed by atoms with Gasteiger partial charge >= 0.3 is 23.0 Å². The highest BCUT2D eigenvalue weighted by Gasteiger charge is 2.50. The largest absolute Gasteiger partial charge is 0.493 e. The van der Waals surface area contributed by atoms with E-state index in [1.54, 1.807) is 140 Å². The second-order valence-electron chi connectivity index (χ2n) is 18.4. The van der Waals surface area contributed by atoms with Gasteiger partial charge in [-0.25, -0.2) is 0 Å². The molecule has 6 aromatic rings. The number of oxime groups is 6. The normalized spacial score (nSPS) is 14.5. The van der Waals surface area contributed by atoms with Crippen LogP contribution in [0.25, 0.3) is 0 Å². The van der Waals surface area contributed by atoms with Gasteiger partial charge in [0.15, 0.2) is 69.0 Å². The Labute approximate surface area is 550 Å². The van der Waals surface area contributed by atoms with Crippen molar-refractivity contribution in [2.75, 3.05) is 75.7 Å². The summed E-state index contributed by atoms with van der Waals surface area (Å²) in [6.07, 6.45) is 17.7. The van der Waals surface area contributed by atoms with E-state index >= 15 is 0 Å². The summed E-state index contributed by atoms with van der Waals surface area (Å²) >= 11 is 0. The van der Waals surface area contributed by atoms with Crippen molar-refractivity contribution in [3.8, 4) is 69.0 Å². The van der Waals surface area contributed by atoms with Gasteiger partial charge in [0.2, 0.25) is 0 Å². The van der Waals surface area contributed by atoms with Gasteiger partial charge in [-0.2, -0.15) is 0 Å². The molecule has 1 unspecified atom stereocenters. The lowest BCUT2D eigenvalue weighted by Gasteiger charge is -2.34. The Morgan fingerprint density at radius 2 is 0.474 bits per heavy atom. The summed E-state index contributed by atoms with van der Waals surface area (Å²) in [5, 5.41) is 24.3. The zero-order chi connectivity index (χ0) is 67.7. The van der Waals surface area contributed by atoms with Crippen LogP contribution in [0.1, 0.15) is 33.4 Å². The molecule has 1 heterocycles. The Morgan fingerprint density at radius 3 is 0.642 bits per heavy atom. The second kappa shape index (κ2) is 36.8. The van der Waals surface area contributed by atoms with E-state index in [0.29, 0.717) is 33.4 Å². The summed E-state index contributed by atoms with van der Waals surface area (Å²) in [5.41, 5.74) is 3.08. The fourth-order valence-electron chi connectivity index (χ4n) is 7.67. The van der Waals surface area contributed by atoms with E-state index in [1.165, 1.54) is 79.9 Å². The van der Waals surface area contributed by atoms with E-state index in [0.717, 1.165) is 6.26 Å². The van der Waals surface area contributed by atoms with Crippen LogP contribution in [0.2, 0.25) is 0 Å². The van der Waals surface area contributed by atoms with Crippen molar-refractivity contribution >= 4 is 60.3 Å².